The van der Waals surface area contributed by atoms with Crippen molar-refractivity contribution < 1.29 is 19.1 Å². The summed E-state index contributed by atoms with van der Waals surface area (Å²) in [6, 6.07) is 0. The van der Waals surface area contributed by atoms with E-state index in [1.165, 1.54) is 13.8 Å². The highest BCUT2D eigenvalue weighted by Crippen LogP contribution is 2.13. The van der Waals surface area contributed by atoms with Crippen LogP contribution in [-0.2, 0) is 19.1 Å². The monoisotopic (exact) mass is 198 g/mol. The maximum absolute atomic E-state index is 11.0. The predicted octanol–water partition coefficient (Wildman–Crippen LogP) is 1.39. The van der Waals surface area contributed by atoms with Crippen molar-refractivity contribution in [2.45, 2.75) is 33.6 Å². The highest BCUT2D eigenvalue weighted by Gasteiger charge is 2.09. The molecule has 0 aromatic carbocycles. The van der Waals surface area contributed by atoms with E-state index in [4.69, 9.17) is 0 Å². The molecule has 4 nitrogen and oxygen atoms in total. The van der Waals surface area contributed by atoms with Crippen LogP contribution in [0.15, 0.2) is 11.3 Å². The Bertz CT molecular complexity index is 276. The largest absolute Gasteiger partial charge is 0.433 e. The zero-order valence-electron chi connectivity index (χ0n) is 8.62. The summed E-state index contributed by atoms with van der Waals surface area (Å²) in [4.78, 5) is 31.8. The highest BCUT2D eigenvalue weighted by atomic mass is 16.5. The normalized spacial score (nSPS) is 11.6. The standard InChI is InChI=1S/C10H14O4/c1-7(12)4-5-10(14-6-11)8(2)9(3)13/h6H,4-5H2,1-3H3. The van der Waals surface area contributed by atoms with Gasteiger partial charge in [-0.2, -0.15) is 0 Å². The van der Waals surface area contributed by atoms with Crippen LogP contribution in [0.1, 0.15) is 33.6 Å². The van der Waals surface area contributed by atoms with E-state index in [1.807, 2.05) is 0 Å². The van der Waals surface area contributed by atoms with E-state index in [2.05, 4.69) is 4.74 Å². The van der Waals surface area contributed by atoms with Gasteiger partial charge in [-0.3, -0.25) is 9.59 Å². The van der Waals surface area contributed by atoms with E-state index in [-0.39, 0.29) is 30.2 Å². The van der Waals surface area contributed by atoms with Gasteiger partial charge in [0.25, 0.3) is 6.47 Å². The lowest BCUT2D eigenvalue weighted by atomic mass is 10.1. The molecular weight excluding hydrogens is 184 g/mol. The smallest absolute Gasteiger partial charge is 0.298 e. The first kappa shape index (κ1) is 12.6. The van der Waals surface area contributed by atoms with Crippen molar-refractivity contribution in [1.82, 2.24) is 0 Å². The van der Waals surface area contributed by atoms with Gasteiger partial charge in [0.05, 0.1) is 0 Å². The number of hydrogen-bond acceptors (Lipinski definition) is 4. The summed E-state index contributed by atoms with van der Waals surface area (Å²) in [6.45, 7) is 4.67. The SMILES string of the molecule is CC(=O)CCC(OC=O)=C(C)C(C)=O. The van der Waals surface area contributed by atoms with Crippen LogP contribution in [0, 0.1) is 0 Å². The molecule has 0 aliphatic rings. The van der Waals surface area contributed by atoms with E-state index < -0.39 is 0 Å². The molecule has 0 saturated heterocycles. The lowest BCUT2D eigenvalue weighted by Gasteiger charge is -2.06. The summed E-state index contributed by atoms with van der Waals surface area (Å²) in [7, 11) is 0. The summed E-state index contributed by atoms with van der Waals surface area (Å²) >= 11 is 0. The van der Waals surface area contributed by atoms with Gasteiger partial charge in [-0.1, -0.05) is 0 Å². The van der Waals surface area contributed by atoms with Crippen LogP contribution in [0.3, 0.4) is 0 Å². The molecule has 0 aromatic heterocycles. The summed E-state index contributed by atoms with van der Waals surface area (Å²) in [5, 5.41) is 0. The zero-order chi connectivity index (χ0) is 11.1. The molecule has 78 valence electrons. The fourth-order valence-corrected chi connectivity index (χ4v) is 0.879. The molecule has 0 atom stereocenters. The maximum atomic E-state index is 11.0. The average Bonchev–Trinajstić information content (AvgIpc) is 2.10. The Morgan fingerprint density at radius 3 is 2.07 bits per heavy atom. The third kappa shape index (κ3) is 4.54. The molecule has 0 heterocycles. The van der Waals surface area contributed by atoms with Crippen LogP contribution >= 0.6 is 0 Å². The maximum Gasteiger partial charge on any atom is 0.298 e. The number of allylic oxidation sites excluding steroid dienone is 2. The van der Waals surface area contributed by atoms with Crippen LogP contribution < -0.4 is 0 Å². The van der Waals surface area contributed by atoms with E-state index in [1.54, 1.807) is 6.92 Å². The van der Waals surface area contributed by atoms with Gasteiger partial charge < -0.3 is 9.53 Å². The molecular formula is C10H14O4. The number of rotatable bonds is 6. The van der Waals surface area contributed by atoms with Gasteiger partial charge in [0.1, 0.15) is 11.5 Å². The zero-order valence-corrected chi connectivity index (χ0v) is 8.62. The number of carbonyl (C=O) groups excluding carboxylic acids is 3. The molecule has 0 aliphatic heterocycles. The number of Topliss-reactive ketones (excluding diaryl/α,β-unsaturated/α-hetero) is 2. The molecule has 0 N–H and O–H groups in total. The van der Waals surface area contributed by atoms with Crippen LogP contribution in [-0.4, -0.2) is 18.0 Å². The van der Waals surface area contributed by atoms with Crippen molar-refractivity contribution in [3.63, 3.8) is 0 Å². The molecule has 0 radical (unpaired) electrons. The van der Waals surface area contributed by atoms with Gasteiger partial charge in [0.15, 0.2) is 5.78 Å². The Kier molecular flexibility index (Phi) is 5.44. The molecule has 0 aromatic rings. The first-order valence-electron chi connectivity index (χ1n) is 4.29. The average molecular weight is 198 g/mol. The second-order valence-electron chi connectivity index (χ2n) is 3.02. The number of hydrogen-bond donors (Lipinski definition) is 0. The van der Waals surface area contributed by atoms with Gasteiger partial charge in [0.2, 0.25) is 0 Å². The molecule has 4 heteroatoms. The van der Waals surface area contributed by atoms with Crippen molar-refractivity contribution in [2.24, 2.45) is 0 Å². The van der Waals surface area contributed by atoms with Crippen molar-refractivity contribution in [3.05, 3.63) is 11.3 Å². The van der Waals surface area contributed by atoms with Crippen molar-refractivity contribution in [1.29, 1.82) is 0 Å². The minimum Gasteiger partial charge on any atom is -0.433 e. The number of ether oxygens (including phenoxy) is 1. The third-order valence-corrected chi connectivity index (χ3v) is 1.84. The summed E-state index contributed by atoms with van der Waals surface area (Å²) in [6.07, 6.45) is 0.563. The Morgan fingerprint density at radius 1 is 1.14 bits per heavy atom. The van der Waals surface area contributed by atoms with Crippen LogP contribution in [0.25, 0.3) is 0 Å². The lowest BCUT2D eigenvalue weighted by Crippen LogP contribution is -2.03. The Hall–Kier alpha value is -1.45. The number of ketones is 2. The molecule has 0 unspecified atom stereocenters. The van der Waals surface area contributed by atoms with Crippen molar-refractivity contribution in [2.75, 3.05) is 0 Å². The van der Waals surface area contributed by atoms with Crippen molar-refractivity contribution in [3.8, 4) is 0 Å². The molecule has 0 amide bonds. The van der Waals surface area contributed by atoms with Gasteiger partial charge in [-0.05, 0) is 20.8 Å². The quantitative estimate of drug-likeness (QED) is 0.367. The van der Waals surface area contributed by atoms with E-state index in [9.17, 15) is 14.4 Å². The molecule has 0 aliphatic carbocycles. The number of carbonyl (C=O) groups is 3. The Labute approximate surface area is 82.9 Å². The molecule has 14 heavy (non-hydrogen) atoms. The van der Waals surface area contributed by atoms with Gasteiger partial charge in [-0.15, -0.1) is 0 Å². The van der Waals surface area contributed by atoms with Crippen LogP contribution in [0.2, 0.25) is 0 Å². The van der Waals surface area contributed by atoms with Crippen molar-refractivity contribution >= 4 is 18.0 Å². The first-order chi connectivity index (χ1) is 6.49. The van der Waals surface area contributed by atoms with E-state index >= 15 is 0 Å². The Balaban J connectivity index is 4.57. The summed E-state index contributed by atoms with van der Waals surface area (Å²) in [5.41, 5.74) is 0.387. The molecule has 0 spiro atoms. The van der Waals surface area contributed by atoms with Gasteiger partial charge in [0, 0.05) is 18.4 Å². The summed E-state index contributed by atoms with van der Waals surface area (Å²) in [5.74, 6) is 0.112. The Morgan fingerprint density at radius 2 is 1.71 bits per heavy atom. The minimum atomic E-state index is -0.162. The molecule has 0 saturated carbocycles. The predicted molar refractivity (Wildman–Crippen MR) is 50.4 cm³/mol. The minimum absolute atomic E-state index is 0.00616. The second kappa shape index (κ2) is 6.07. The highest BCUT2D eigenvalue weighted by molar-refractivity contribution is 5.93. The second-order valence-corrected chi connectivity index (χ2v) is 3.02. The fourth-order valence-electron chi connectivity index (χ4n) is 0.879. The lowest BCUT2D eigenvalue weighted by molar-refractivity contribution is -0.126. The fraction of sp³-hybridized carbons (Fsp3) is 0.500. The van der Waals surface area contributed by atoms with E-state index in [0.29, 0.717) is 12.0 Å². The molecule has 0 fully saturated rings. The van der Waals surface area contributed by atoms with Gasteiger partial charge in [-0.25, -0.2) is 0 Å². The van der Waals surface area contributed by atoms with Crippen LogP contribution in [0.5, 0.6) is 0 Å². The molecule has 0 rings (SSSR count). The van der Waals surface area contributed by atoms with Crippen LogP contribution in [0.4, 0.5) is 0 Å². The third-order valence-electron chi connectivity index (χ3n) is 1.84. The topological polar surface area (TPSA) is 60.4 Å². The first-order valence-corrected chi connectivity index (χ1v) is 4.29. The molecule has 0 bridgehead atoms. The summed E-state index contributed by atoms with van der Waals surface area (Å²) < 4.78 is 4.64. The van der Waals surface area contributed by atoms with E-state index in [0.717, 1.165) is 0 Å². The van der Waals surface area contributed by atoms with Gasteiger partial charge >= 0.3 is 0 Å².